The van der Waals surface area contributed by atoms with E-state index < -0.39 is 5.91 Å². The lowest BCUT2D eigenvalue weighted by molar-refractivity contribution is 0.102. The summed E-state index contributed by atoms with van der Waals surface area (Å²) in [6, 6.07) is 3.08. The summed E-state index contributed by atoms with van der Waals surface area (Å²) in [6.07, 6.45) is 0. The Balaban J connectivity index is 1.96. The number of ether oxygens (including phenoxy) is 3. The van der Waals surface area contributed by atoms with Crippen LogP contribution in [0.25, 0.3) is 5.78 Å². The van der Waals surface area contributed by atoms with Gasteiger partial charge < -0.3 is 14.2 Å². The highest BCUT2D eigenvalue weighted by molar-refractivity contribution is 6.31. The molecule has 2 aromatic heterocycles. The maximum Gasteiger partial charge on any atom is 0.258 e. The van der Waals surface area contributed by atoms with Crippen molar-refractivity contribution in [3.63, 3.8) is 0 Å². The first kappa shape index (κ1) is 18.7. The molecule has 0 bridgehead atoms. The molecular formula is C17H18ClN5O4. The van der Waals surface area contributed by atoms with Crippen molar-refractivity contribution < 1.29 is 19.0 Å². The molecule has 9 nitrogen and oxygen atoms in total. The summed E-state index contributed by atoms with van der Waals surface area (Å²) in [7, 11) is 4.44. The number of aryl methyl sites for hydroxylation is 2. The van der Waals surface area contributed by atoms with Crippen molar-refractivity contribution in [3.8, 4) is 17.2 Å². The highest BCUT2D eigenvalue weighted by Crippen LogP contribution is 2.38. The summed E-state index contributed by atoms with van der Waals surface area (Å²) >= 11 is 6.18. The van der Waals surface area contributed by atoms with Crippen LogP contribution in [0, 0.1) is 13.8 Å². The van der Waals surface area contributed by atoms with Gasteiger partial charge in [-0.3, -0.25) is 10.1 Å². The molecule has 10 heteroatoms. The van der Waals surface area contributed by atoms with Crippen LogP contribution in [0.4, 0.5) is 5.95 Å². The van der Waals surface area contributed by atoms with E-state index in [2.05, 4.69) is 20.4 Å². The number of nitrogens with one attached hydrogen (secondary N) is 1. The summed E-state index contributed by atoms with van der Waals surface area (Å²) in [5.41, 5.74) is 1.61. The highest BCUT2D eigenvalue weighted by atomic mass is 35.5. The predicted molar refractivity (Wildman–Crippen MR) is 99.3 cm³/mol. The first-order chi connectivity index (χ1) is 12.9. The Kier molecular flexibility index (Phi) is 5.04. The van der Waals surface area contributed by atoms with E-state index in [1.165, 1.54) is 38.0 Å². The normalized spacial score (nSPS) is 10.7. The third-order valence-corrected chi connectivity index (χ3v) is 4.51. The van der Waals surface area contributed by atoms with Crippen LogP contribution < -0.4 is 19.5 Å². The smallest absolute Gasteiger partial charge is 0.258 e. The number of methoxy groups -OCH3 is 3. The Labute approximate surface area is 160 Å². The average molecular weight is 392 g/mol. The number of hydrogen-bond donors (Lipinski definition) is 1. The van der Waals surface area contributed by atoms with E-state index in [1.54, 1.807) is 13.8 Å². The van der Waals surface area contributed by atoms with Crippen molar-refractivity contribution >= 4 is 29.2 Å². The molecule has 0 aliphatic carbocycles. The molecule has 0 aliphatic heterocycles. The molecule has 0 saturated heterocycles. The van der Waals surface area contributed by atoms with E-state index in [4.69, 9.17) is 25.8 Å². The van der Waals surface area contributed by atoms with Crippen LogP contribution in [-0.2, 0) is 0 Å². The van der Waals surface area contributed by atoms with Crippen molar-refractivity contribution in [2.24, 2.45) is 0 Å². The minimum absolute atomic E-state index is 0.103. The lowest BCUT2D eigenvalue weighted by Crippen LogP contribution is -2.14. The minimum Gasteiger partial charge on any atom is -0.493 e. The zero-order valence-electron chi connectivity index (χ0n) is 15.5. The average Bonchev–Trinajstić information content (AvgIpc) is 3.07. The van der Waals surface area contributed by atoms with Crippen molar-refractivity contribution in [1.82, 2.24) is 19.6 Å². The molecule has 3 rings (SSSR count). The monoisotopic (exact) mass is 391 g/mol. The first-order valence-corrected chi connectivity index (χ1v) is 8.28. The summed E-state index contributed by atoms with van der Waals surface area (Å²) in [6.45, 7) is 3.57. The summed E-state index contributed by atoms with van der Waals surface area (Å²) in [5.74, 6) is 1.13. The lowest BCUT2D eigenvalue weighted by atomic mass is 10.1. The number of hydrogen-bond acceptors (Lipinski definition) is 7. The zero-order chi connectivity index (χ0) is 19.7. The molecule has 0 spiro atoms. The molecule has 0 fully saturated rings. The third kappa shape index (κ3) is 3.33. The van der Waals surface area contributed by atoms with Crippen LogP contribution in [0.5, 0.6) is 17.2 Å². The lowest BCUT2D eigenvalue weighted by Gasteiger charge is -2.13. The van der Waals surface area contributed by atoms with E-state index in [-0.39, 0.29) is 5.95 Å². The second kappa shape index (κ2) is 7.28. The standard InChI is InChI=1S/C17H18ClN5O4/c1-8-13(18)9(2)23-17(19-8)21-16(22-23)20-15(24)10-6-11(25-3)14(27-5)12(7-10)26-4/h6-7H,1-5H3,(H,20,22,24). The van der Waals surface area contributed by atoms with Gasteiger partial charge in [0.1, 0.15) is 0 Å². The fourth-order valence-corrected chi connectivity index (χ4v) is 2.72. The molecule has 0 atom stereocenters. The van der Waals surface area contributed by atoms with Gasteiger partial charge in [-0.25, -0.2) is 4.98 Å². The van der Waals surface area contributed by atoms with Gasteiger partial charge in [-0.1, -0.05) is 11.6 Å². The Morgan fingerprint density at radius 1 is 1.07 bits per heavy atom. The molecule has 1 amide bonds. The number of anilines is 1. The van der Waals surface area contributed by atoms with Gasteiger partial charge in [-0.2, -0.15) is 9.50 Å². The van der Waals surface area contributed by atoms with Crippen LogP contribution in [0.2, 0.25) is 5.02 Å². The maximum atomic E-state index is 12.6. The number of amides is 1. The minimum atomic E-state index is -0.439. The van der Waals surface area contributed by atoms with E-state index in [9.17, 15) is 4.79 Å². The largest absolute Gasteiger partial charge is 0.493 e. The molecule has 0 saturated carbocycles. The number of carbonyl (C=O) groups is 1. The molecule has 0 unspecified atom stereocenters. The first-order valence-electron chi connectivity index (χ1n) is 7.90. The Hall–Kier alpha value is -3.07. The molecule has 142 valence electrons. The van der Waals surface area contributed by atoms with Crippen LogP contribution in [0.3, 0.4) is 0 Å². The van der Waals surface area contributed by atoms with Crippen LogP contribution in [-0.4, -0.2) is 46.8 Å². The number of benzene rings is 1. The van der Waals surface area contributed by atoms with Gasteiger partial charge in [0.05, 0.1) is 37.7 Å². The Bertz CT molecular complexity index is 1010. The van der Waals surface area contributed by atoms with Crippen LogP contribution in [0.15, 0.2) is 12.1 Å². The van der Waals surface area contributed by atoms with Crippen LogP contribution >= 0.6 is 11.6 Å². The molecule has 2 heterocycles. The molecule has 27 heavy (non-hydrogen) atoms. The quantitative estimate of drug-likeness (QED) is 0.713. The Morgan fingerprint density at radius 2 is 1.70 bits per heavy atom. The van der Waals surface area contributed by atoms with E-state index in [0.29, 0.717) is 45.0 Å². The van der Waals surface area contributed by atoms with Crippen molar-refractivity contribution in [2.45, 2.75) is 13.8 Å². The van der Waals surface area contributed by atoms with Gasteiger partial charge >= 0.3 is 0 Å². The summed E-state index contributed by atoms with van der Waals surface area (Å²) in [5, 5.41) is 7.37. The second-order valence-corrected chi connectivity index (χ2v) is 5.99. The van der Waals surface area contributed by atoms with E-state index >= 15 is 0 Å². The highest BCUT2D eigenvalue weighted by Gasteiger charge is 2.19. The number of aromatic nitrogens is 4. The number of fused-ring (bicyclic) bond motifs is 1. The molecule has 3 aromatic rings. The van der Waals surface area contributed by atoms with Gasteiger partial charge in [0, 0.05) is 5.56 Å². The second-order valence-electron chi connectivity index (χ2n) is 5.61. The van der Waals surface area contributed by atoms with Gasteiger partial charge in [0.15, 0.2) is 11.5 Å². The zero-order valence-corrected chi connectivity index (χ0v) is 16.2. The Morgan fingerprint density at radius 3 is 2.26 bits per heavy atom. The predicted octanol–water partition coefficient (Wildman–Crippen LogP) is 2.67. The number of carbonyl (C=O) groups excluding carboxylic acids is 1. The van der Waals surface area contributed by atoms with E-state index in [1.807, 2.05) is 0 Å². The van der Waals surface area contributed by atoms with E-state index in [0.717, 1.165) is 0 Å². The number of rotatable bonds is 5. The fourth-order valence-electron chi connectivity index (χ4n) is 2.59. The van der Waals surface area contributed by atoms with Crippen molar-refractivity contribution in [2.75, 3.05) is 26.6 Å². The van der Waals surface area contributed by atoms with Crippen LogP contribution in [0.1, 0.15) is 21.7 Å². The number of nitrogens with zero attached hydrogens (tertiary/aromatic N) is 4. The van der Waals surface area contributed by atoms with Gasteiger partial charge in [0.2, 0.25) is 5.75 Å². The molecule has 1 aromatic carbocycles. The van der Waals surface area contributed by atoms with Crippen molar-refractivity contribution in [3.05, 3.63) is 34.1 Å². The molecular weight excluding hydrogens is 374 g/mol. The summed E-state index contributed by atoms with van der Waals surface area (Å²) < 4.78 is 17.3. The third-order valence-electron chi connectivity index (χ3n) is 3.96. The molecule has 0 radical (unpaired) electrons. The number of halogens is 1. The molecule has 1 N–H and O–H groups in total. The van der Waals surface area contributed by atoms with Crippen molar-refractivity contribution in [1.29, 1.82) is 0 Å². The molecule has 0 aliphatic rings. The maximum absolute atomic E-state index is 12.6. The van der Waals surface area contributed by atoms with Gasteiger partial charge in [0.25, 0.3) is 17.6 Å². The van der Waals surface area contributed by atoms with Gasteiger partial charge in [-0.05, 0) is 26.0 Å². The fraction of sp³-hybridized carbons (Fsp3) is 0.294. The SMILES string of the molecule is COc1cc(C(=O)Nc2nc3nc(C)c(Cl)c(C)n3n2)cc(OC)c1OC. The topological polar surface area (TPSA) is 99.9 Å². The van der Waals surface area contributed by atoms with Gasteiger partial charge in [-0.15, -0.1) is 5.10 Å². The summed E-state index contributed by atoms with van der Waals surface area (Å²) in [4.78, 5) is 21.1.